The molecule has 1 N–H and O–H groups in total. The minimum atomic E-state index is -1.10. The van der Waals surface area contributed by atoms with Crippen LogP contribution in [0.2, 0.25) is 5.02 Å². The predicted octanol–water partition coefficient (Wildman–Crippen LogP) is 4.19. The molecule has 3 nitrogen and oxygen atoms in total. The van der Waals surface area contributed by atoms with Gasteiger partial charge in [0.05, 0.1) is 18.8 Å². The molecule has 1 aliphatic rings. The van der Waals surface area contributed by atoms with E-state index in [1.165, 1.54) is 12.1 Å². The highest BCUT2D eigenvalue weighted by Gasteiger charge is 2.39. The Balaban J connectivity index is 1.98. The van der Waals surface area contributed by atoms with Gasteiger partial charge >= 0.3 is 0 Å². The third-order valence-electron chi connectivity index (χ3n) is 5.28. The zero-order valence-corrected chi connectivity index (χ0v) is 15.8. The van der Waals surface area contributed by atoms with E-state index in [2.05, 4.69) is 4.90 Å². The summed E-state index contributed by atoms with van der Waals surface area (Å²) in [6.45, 7) is 5.75. The first-order valence-electron chi connectivity index (χ1n) is 9.07. The van der Waals surface area contributed by atoms with Crippen molar-refractivity contribution in [3.63, 3.8) is 0 Å². The Bertz CT molecular complexity index is 701. The molecule has 140 valence electrons. The van der Waals surface area contributed by atoms with Gasteiger partial charge in [-0.3, -0.25) is 4.90 Å². The first-order chi connectivity index (χ1) is 12.5. The van der Waals surface area contributed by atoms with Gasteiger partial charge in [-0.05, 0) is 41.8 Å². The number of hydrogen-bond donors (Lipinski definition) is 1. The van der Waals surface area contributed by atoms with E-state index < -0.39 is 5.60 Å². The first-order valence-corrected chi connectivity index (χ1v) is 9.44. The average Bonchev–Trinajstić information content (AvgIpc) is 2.68. The topological polar surface area (TPSA) is 32.7 Å². The van der Waals surface area contributed by atoms with Crippen molar-refractivity contribution in [2.24, 2.45) is 0 Å². The van der Waals surface area contributed by atoms with E-state index in [0.29, 0.717) is 31.2 Å². The number of hydrogen-bond acceptors (Lipinski definition) is 3. The lowest BCUT2D eigenvalue weighted by Crippen LogP contribution is -2.44. The van der Waals surface area contributed by atoms with Crippen LogP contribution in [0.5, 0.6) is 0 Å². The Morgan fingerprint density at radius 1 is 1.12 bits per heavy atom. The summed E-state index contributed by atoms with van der Waals surface area (Å²) in [4.78, 5) is 2.31. The summed E-state index contributed by atoms with van der Waals surface area (Å²) in [5, 5.41) is 12.3. The Morgan fingerprint density at radius 3 is 2.31 bits per heavy atom. The van der Waals surface area contributed by atoms with Crippen molar-refractivity contribution < 1.29 is 14.2 Å². The summed E-state index contributed by atoms with van der Waals surface area (Å²) in [7, 11) is 0. The number of morpholine rings is 1. The van der Waals surface area contributed by atoms with Gasteiger partial charge in [0.1, 0.15) is 5.82 Å². The largest absolute Gasteiger partial charge is 0.384 e. The molecule has 1 aliphatic heterocycles. The molecule has 0 unspecified atom stereocenters. The summed E-state index contributed by atoms with van der Waals surface area (Å²) >= 11 is 6.06. The van der Waals surface area contributed by atoms with Crippen LogP contribution in [0.4, 0.5) is 4.39 Å². The SMILES string of the molecule is CC[C@](O)(c1ccc(F)cc1)[C@@H](CN1CCOCC1)c1ccc(Cl)cc1. The summed E-state index contributed by atoms with van der Waals surface area (Å²) in [6, 6.07) is 13.8. The third-order valence-corrected chi connectivity index (χ3v) is 5.53. The van der Waals surface area contributed by atoms with Crippen molar-refractivity contribution in [2.75, 3.05) is 32.8 Å². The molecule has 26 heavy (non-hydrogen) atoms. The molecule has 0 saturated carbocycles. The van der Waals surface area contributed by atoms with Crippen molar-refractivity contribution in [3.05, 3.63) is 70.5 Å². The van der Waals surface area contributed by atoms with Crippen LogP contribution in [0.15, 0.2) is 48.5 Å². The second-order valence-corrected chi connectivity index (χ2v) is 7.24. The number of aliphatic hydroxyl groups is 1. The van der Waals surface area contributed by atoms with E-state index in [1.54, 1.807) is 12.1 Å². The maximum absolute atomic E-state index is 13.4. The summed E-state index contributed by atoms with van der Waals surface area (Å²) in [5.74, 6) is -0.461. The summed E-state index contributed by atoms with van der Waals surface area (Å²) in [6.07, 6.45) is 0.524. The summed E-state index contributed by atoms with van der Waals surface area (Å²) in [5.41, 5.74) is 0.656. The molecule has 5 heteroatoms. The van der Waals surface area contributed by atoms with Gasteiger partial charge in [-0.15, -0.1) is 0 Å². The van der Waals surface area contributed by atoms with Gasteiger partial charge in [0.25, 0.3) is 0 Å². The smallest absolute Gasteiger partial charge is 0.123 e. The van der Waals surface area contributed by atoms with Gasteiger partial charge in [0.15, 0.2) is 0 Å². The van der Waals surface area contributed by atoms with E-state index in [0.717, 1.165) is 24.2 Å². The molecule has 0 aromatic heterocycles. The minimum Gasteiger partial charge on any atom is -0.384 e. The number of rotatable bonds is 6. The number of halogens is 2. The fourth-order valence-corrected chi connectivity index (χ4v) is 3.79. The van der Waals surface area contributed by atoms with Crippen LogP contribution in [0, 0.1) is 5.82 Å². The number of ether oxygens (including phenoxy) is 1. The van der Waals surface area contributed by atoms with Gasteiger partial charge in [-0.25, -0.2) is 4.39 Å². The molecule has 1 saturated heterocycles. The van der Waals surface area contributed by atoms with E-state index in [1.807, 2.05) is 31.2 Å². The number of benzene rings is 2. The quantitative estimate of drug-likeness (QED) is 0.819. The molecule has 0 radical (unpaired) electrons. The third kappa shape index (κ3) is 4.26. The van der Waals surface area contributed by atoms with Crippen LogP contribution in [-0.4, -0.2) is 42.9 Å². The molecule has 0 aliphatic carbocycles. The normalized spacial score (nSPS) is 19.1. The van der Waals surface area contributed by atoms with Gasteiger partial charge in [-0.1, -0.05) is 42.8 Å². The monoisotopic (exact) mass is 377 g/mol. The van der Waals surface area contributed by atoms with Gasteiger partial charge in [0, 0.05) is 30.6 Å². The maximum Gasteiger partial charge on any atom is 0.123 e. The Labute approximate surface area is 159 Å². The molecule has 2 atom stereocenters. The molecule has 1 fully saturated rings. The van der Waals surface area contributed by atoms with Gasteiger partial charge in [0.2, 0.25) is 0 Å². The second kappa shape index (κ2) is 8.49. The van der Waals surface area contributed by atoms with Crippen LogP contribution in [0.25, 0.3) is 0 Å². The van der Waals surface area contributed by atoms with E-state index in [9.17, 15) is 9.50 Å². The van der Waals surface area contributed by atoms with Crippen molar-refractivity contribution in [2.45, 2.75) is 24.9 Å². The lowest BCUT2D eigenvalue weighted by Gasteiger charge is -2.40. The van der Waals surface area contributed by atoms with Crippen LogP contribution < -0.4 is 0 Å². The lowest BCUT2D eigenvalue weighted by atomic mass is 9.75. The highest BCUT2D eigenvalue weighted by molar-refractivity contribution is 6.30. The van der Waals surface area contributed by atoms with Crippen molar-refractivity contribution >= 4 is 11.6 Å². The van der Waals surface area contributed by atoms with Crippen molar-refractivity contribution in [3.8, 4) is 0 Å². The molecule has 0 spiro atoms. The molecular formula is C21H25ClFNO2. The van der Waals surface area contributed by atoms with Gasteiger partial charge in [-0.2, -0.15) is 0 Å². The number of nitrogens with zero attached hydrogens (tertiary/aromatic N) is 1. The predicted molar refractivity (Wildman–Crippen MR) is 102 cm³/mol. The Kier molecular flexibility index (Phi) is 6.30. The minimum absolute atomic E-state index is 0.159. The van der Waals surface area contributed by atoms with Crippen LogP contribution in [0.1, 0.15) is 30.4 Å². The molecule has 3 rings (SSSR count). The Morgan fingerprint density at radius 2 is 1.73 bits per heavy atom. The zero-order chi connectivity index (χ0) is 18.6. The molecule has 0 bridgehead atoms. The Hall–Kier alpha value is -1.46. The standard InChI is InChI=1S/C21H25ClFNO2/c1-2-21(25,17-5-9-19(23)10-6-17)20(15-24-11-13-26-14-12-24)16-3-7-18(22)8-4-16/h3-10,20,25H,2,11-15H2,1H3/t20-,21-/m0/s1. The fourth-order valence-electron chi connectivity index (χ4n) is 3.66. The molecular weight excluding hydrogens is 353 g/mol. The molecule has 0 amide bonds. The molecule has 2 aromatic rings. The van der Waals surface area contributed by atoms with Crippen molar-refractivity contribution in [1.82, 2.24) is 4.90 Å². The highest BCUT2D eigenvalue weighted by Crippen LogP contribution is 2.40. The van der Waals surface area contributed by atoms with E-state index in [4.69, 9.17) is 16.3 Å². The van der Waals surface area contributed by atoms with Gasteiger partial charge < -0.3 is 9.84 Å². The fraction of sp³-hybridized carbons (Fsp3) is 0.429. The lowest BCUT2D eigenvalue weighted by molar-refractivity contribution is -0.0250. The highest BCUT2D eigenvalue weighted by atomic mass is 35.5. The van der Waals surface area contributed by atoms with Crippen LogP contribution >= 0.6 is 11.6 Å². The zero-order valence-electron chi connectivity index (χ0n) is 15.0. The van der Waals surface area contributed by atoms with Crippen molar-refractivity contribution in [1.29, 1.82) is 0 Å². The van der Waals surface area contributed by atoms with E-state index >= 15 is 0 Å². The molecule has 2 aromatic carbocycles. The van der Waals surface area contributed by atoms with E-state index in [-0.39, 0.29) is 11.7 Å². The first kappa shape index (κ1) is 19.3. The molecule has 1 heterocycles. The van der Waals surface area contributed by atoms with Crippen LogP contribution in [-0.2, 0) is 10.3 Å². The second-order valence-electron chi connectivity index (χ2n) is 6.80. The summed E-state index contributed by atoms with van der Waals surface area (Å²) < 4.78 is 18.9. The van der Waals surface area contributed by atoms with Crippen LogP contribution in [0.3, 0.4) is 0 Å². The maximum atomic E-state index is 13.4. The average molecular weight is 378 g/mol.